The second-order valence-corrected chi connectivity index (χ2v) is 7.84. The number of rotatable bonds is 6. The summed E-state index contributed by atoms with van der Waals surface area (Å²) >= 11 is 0. The summed E-state index contributed by atoms with van der Waals surface area (Å²) in [6.07, 6.45) is 1.66. The molecule has 1 saturated heterocycles. The van der Waals surface area contributed by atoms with Gasteiger partial charge in [0.1, 0.15) is 25.6 Å². The molecule has 0 saturated carbocycles. The first-order valence-electron chi connectivity index (χ1n) is 10.9. The third kappa shape index (κ3) is 4.45. The van der Waals surface area contributed by atoms with Gasteiger partial charge in [0.15, 0.2) is 11.5 Å². The third-order valence-corrected chi connectivity index (χ3v) is 5.67. The number of carbonyl (C=O) groups is 2. The topological polar surface area (TPSA) is 75.2 Å². The van der Waals surface area contributed by atoms with Crippen LogP contribution in [-0.4, -0.2) is 54.7 Å². The van der Waals surface area contributed by atoms with E-state index in [1.54, 1.807) is 27.0 Å². The lowest BCUT2D eigenvalue weighted by atomic mass is 10.2. The van der Waals surface area contributed by atoms with Gasteiger partial charge in [-0.15, -0.1) is 0 Å². The van der Waals surface area contributed by atoms with Crippen molar-refractivity contribution in [1.29, 1.82) is 0 Å². The second-order valence-electron chi connectivity index (χ2n) is 7.84. The molecule has 3 amide bonds. The summed E-state index contributed by atoms with van der Waals surface area (Å²) in [6, 6.07) is 20.5. The molecule has 8 heteroatoms. The molecule has 0 spiro atoms. The molecule has 2 aromatic carbocycles. The highest BCUT2D eigenvalue weighted by Crippen LogP contribution is 2.35. The Labute approximate surface area is 192 Å². The Morgan fingerprint density at radius 1 is 0.939 bits per heavy atom. The minimum absolute atomic E-state index is 0.0245. The summed E-state index contributed by atoms with van der Waals surface area (Å²) in [6.45, 7) is 2.30. The van der Waals surface area contributed by atoms with E-state index in [0.717, 1.165) is 11.3 Å². The minimum atomic E-state index is -0.208. The van der Waals surface area contributed by atoms with Crippen molar-refractivity contribution in [1.82, 2.24) is 9.88 Å². The molecule has 0 N–H and O–H groups in total. The summed E-state index contributed by atoms with van der Waals surface area (Å²) in [5.41, 5.74) is 1.72. The van der Waals surface area contributed by atoms with E-state index in [2.05, 4.69) is 4.98 Å². The number of fused-ring (bicyclic) bond motifs is 1. The van der Waals surface area contributed by atoms with Crippen molar-refractivity contribution >= 4 is 23.4 Å². The molecule has 33 heavy (non-hydrogen) atoms. The lowest BCUT2D eigenvalue weighted by Gasteiger charge is -2.25. The summed E-state index contributed by atoms with van der Waals surface area (Å²) < 4.78 is 11.2. The standard InChI is InChI=1S/C25H24N4O4/c30-24(29(23-8-4-5-11-26-23)17-19-6-2-1-3-7-19)18-27-12-13-28(25(27)31)20-9-10-21-22(16-20)33-15-14-32-21/h1-11,16H,12-15,17-18H2. The van der Waals surface area contributed by atoms with Gasteiger partial charge in [0, 0.05) is 31.0 Å². The van der Waals surface area contributed by atoms with Crippen molar-refractivity contribution in [3.8, 4) is 11.5 Å². The van der Waals surface area contributed by atoms with Gasteiger partial charge in [0.25, 0.3) is 0 Å². The van der Waals surface area contributed by atoms with Gasteiger partial charge in [-0.05, 0) is 29.8 Å². The van der Waals surface area contributed by atoms with Crippen LogP contribution in [0.5, 0.6) is 11.5 Å². The van der Waals surface area contributed by atoms with E-state index >= 15 is 0 Å². The zero-order valence-electron chi connectivity index (χ0n) is 18.1. The zero-order valence-corrected chi connectivity index (χ0v) is 18.1. The molecule has 0 bridgehead atoms. The monoisotopic (exact) mass is 444 g/mol. The fraction of sp³-hybridized carbons (Fsp3) is 0.240. The van der Waals surface area contributed by atoms with Crippen molar-refractivity contribution in [3.05, 3.63) is 78.5 Å². The van der Waals surface area contributed by atoms with E-state index in [1.165, 1.54) is 0 Å². The Morgan fingerprint density at radius 2 is 1.73 bits per heavy atom. The molecule has 8 nitrogen and oxygen atoms in total. The highest BCUT2D eigenvalue weighted by Gasteiger charge is 2.33. The molecule has 0 unspecified atom stereocenters. The lowest BCUT2D eigenvalue weighted by Crippen LogP contribution is -2.42. The maximum absolute atomic E-state index is 13.3. The number of nitrogens with zero attached hydrogens (tertiary/aromatic N) is 4. The van der Waals surface area contributed by atoms with Crippen molar-refractivity contribution in [2.75, 3.05) is 42.6 Å². The molecule has 3 heterocycles. The normalized spacial score (nSPS) is 15.0. The van der Waals surface area contributed by atoms with Gasteiger partial charge in [-0.25, -0.2) is 9.78 Å². The van der Waals surface area contributed by atoms with Gasteiger partial charge in [-0.1, -0.05) is 36.4 Å². The molecule has 1 fully saturated rings. The van der Waals surface area contributed by atoms with Gasteiger partial charge in [0.2, 0.25) is 5.91 Å². The zero-order chi connectivity index (χ0) is 22.6. The van der Waals surface area contributed by atoms with E-state index in [9.17, 15) is 9.59 Å². The molecule has 5 rings (SSSR count). The number of benzene rings is 2. The van der Waals surface area contributed by atoms with Crippen LogP contribution in [0.1, 0.15) is 5.56 Å². The number of carbonyl (C=O) groups excluding carboxylic acids is 2. The number of urea groups is 1. The summed E-state index contributed by atoms with van der Waals surface area (Å²) in [7, 11) is 0. The van der Waals surface area contributed by atoms with Crippen LogP contribution < -0.4 is 19.3 Å². The first kappa shape index (κ1) is 20.8. The number of pyridine rings is 1. The first-order chi connectivity index (χ1) is 16.2. The summed E-state index contributed by atoms with van der Waals surface area (Å²) in [5.74, 6) is 1.68. The van der Waals surface area contributed by atoms with E-state index in [1.807, 2.05) is 60.7 Å². The SMILES string of the molecule is O=C1N(CC(=O)N(Cc2ccccc2)c2ccccn2)CCN1c1ccc2c(c1)OCCO2. The van der Waals surface area contributed by atoms with Crippen molar-refractivity contribution in [3.63, 3.8) is 0 Å². The van der Waals surface area contributed by atoms with Gasteiger partial charge >= 0.3 is 6.03 Å². The first-order valence-corrected chi connectivity index (χ1v) is 10.9. The average Bonchev–Trinajstić information content (AvgIpc) is 3.23. The van der Waals surface area contributed by atoms with Crippen LogP contribution in [-0.2, 0) is 11.3 Å². The summed E-state index contributed by atoms with van der Waals surface area (Å²) in [4.78, 5) is 35.7. The fourth-order valence-corrected chi connectivity index (χ4v) is 3.99. The van der Waals surface area contributed by atoms with E-state index in [-0.39, 0.29) is 18.5 Å². The highest BCUT2D eigenvalue weighted by atomic mass is 16.6. The Hall–Kier alpha value is -4.07. The summed E-state index contributed by atoms with van der Waals surface area (Å²) in [5, 5.41) is 0. The van der Waals surface area contributed by atoms with Crippen LogP contribution >= 0.6 is 0 Å². The second kappa shape index (κ2) is 9.20. The van der Waals surface area contributed by atoms with E-state index in [0.29, 0.717) is 50.2 Å². The number of aromatic nitrogens is 1. The van der Waals surface area contributed by atoms with E-state index < -0.39 is 0 Å². The predicted molar refractivity (Wildman–Crippen MR) is 124 cm³/mol. The Bertz CT molecular complexity index is 1140. The van der Waals surface area contributed by atoms with Crippen molar-refractivity contribution in [2.45, 2.75) is 6.54 Å². The third-order valence-electron chi connectivity index (χ3n) is 5.67. The molecular weight excluding hydrogens is 420 g/mol. The van der Waals surface area contributed by atoms with Crippen LogP contribution in [0.4, 0.5) is 16.3 Å². The molecule has 3 aromatic rings. The number of amides is 3. The van der Waals surface area contributed by atoms with Crippen molar-refractivity contribution < 1.29 is 19.1 Å². The van der Waals surface area contributed by atoms with Crippen LogP contribution in [0.2, 0.25) is 0 Å². The van der Waals surface area contributed by atoms with Gasteiger partial charge in [0.05, 0.1) is 6.54 Å². The number of anilines is 2. The smallest absolute Gasteiger partial charge is 0.325 e. The number of hydrogen-bond donors (Lipinski definition) is 0. The largest absolute Gasteiger partial charge is 0.486 e. The number of ether oxygens (including phenoxy) is 2. The van der Waals surface area contributed by atoms with Crippen LogP contribution in [0.25, 0.3) is 0 Å². The van der Waals surface area contributed by atoms with Gasteiger partial charge in [-0.2, -0.15) is 0 Å². The number of hydrogen-bond acceptors (Lipinski definition) is 5. The quantitative estimate of drug-likeness (QED) is 0.583. The Kier molecular flexibility index (Phi) is 5.80. The molecule has 0 aliphatic carbocycles. The van der Waals surface area contributed by atoms with Crippen LogP contribution in [0.3, 0.4) is 0 Å². The maximum atomic E-state index is 13.3. The Morgan fingerprint density at radius 3 is 2.52 bits per heavy atom. The molecule has 0 atom stereocenters. The fourth-order valence-electron chi connectivity index (χ4n) is 3.99. The highest BCUT2D eigenvalue weighted by molar-refractivity contribution is 6.00. The van der Waals surface area contributed by atoms with E-state index in [4.69, 9.17) is 9.47 Å². The molecule has 2 aliphatic heterocycles. The minimum Gasteiger partial charge on any atom is -0.486 e. The molecule has 2 aliphatic rings. The molecule has 168 valence electrons. The lowest BCUT2D eigenvalue weighted by molar-refractivity contribution is -0.119. The van der Waals surface area contributed by atoms with Crippen LogP contribution in [0.15, 0.2) is 72.9 Å². The van der Waals surface area contributed by atoms with Gasteiger partial charge < -0.3 is 14.4 Å². The molecule has 1 aromatic heterocycles. The van der Waals surface area contributed by atoms with Crippen molar-refractivity contribution in [2.24, 2.45) is 0 Å². The predicted octanol–water partition coefficient (Wildman–Crippen LogP) is 3.33. The Balaban J connectivity index is 1.31. The van der Waals surface area contributed by atoms with Gasteiger partial charge in [-0.3, -0.25) is 14.6 Å². The molecular formula is C25H24N4O4. The van der Waals surface area contributed by atoms with Crippen LogP contribution in [0, 0.1) is 0 Å². The molecule has 0 radical (unpaired) electrons. The average molecular weight is 444 g/mol. The maximum Gasteiger partial charge on any atom is 0.325 e.